The van der Waals surface area contributed by atoms with Crippen LogP contribution in [-0.4, -0.2) is 36.6 Å². The Hall–Kier alpha value is -1.28. The molecule has 0 amide bonds. The first-order chi connectivity index (χ1) is 8.58. The largest absolute Gasteiger partial charge is 0.361 e. The maximum atomic E-state index is 11.2. The van der Waals surface area contributed by atoms with Gasteiger partial charge in [0.05, 0.1) is 4.92 Å². The highest BCUT2D eigenvalue weighted by molar-refractivity contribution is 7.85. The van der Waals surface area contributed by atoms with E-state index in [1.165, 1.54) is 6.33 Å². The number of anilines is 1. The van der Waals surface area contributed by atoms with Gasteiger partial charge in [-0.1, -0.05) is 11.6 Å². The smallest absolute Gasteiger partial charge is 0.348 e. The molecule has 1 aromatic rings. The fourth-order valence-electron chi connectivity index (χ4n) is 1.76. The summed E-state index contributed by atoms with van der Waals surface area (Å²) in [5.41, 5.74) is -0.314. The van der Waals surface area contributed by atoms with Crippen LogP contribution >= 0.6 is 11.6 Å². The van der Waals surface area contributed by atoms with Crippen LogP contribution in [0.25, 0.3) is 0 Å². The zero-order valence-corrected chi connectivity index (χ0v) is 10.9. The molecule has 0 atom stereocenters. The van der Waals surface area contributed by atoms with Gasteiger partial charge in [0, 0.05) is 28.3 Å². The lowest BCUT2D eigenvalue weighted by Crippen LogP contribution is -2.30. The van der Waals surface area contributed by atoms with Crippen molar-refractivity contribution in [1.82, 2.24) is 9.97 Å². The minimum absolute atomic E-state index is 0.0346. The number of aromatic nitrogens is 2. The van der Waals surface area contributed by atoms with Crippen molar-refractivity contribution >= 4 is 33.9 Å². The van der Waals surface area contributed by atoms with E-state index < -0.39 is 15.7 Å². The van der Waals surface area contributed by atoms with Crippen LogP contribution in [0.3, 0.4) is 0 Å². The first-order valence-corrected chi connectivity index (χ1v) is 7.21. The Bertz CT molecular complexity index is 489. The van der Waals surface area contributed by atoms with E-state index in [4.69, 9.17) is 11.6 Å². The van der Waals surface area contributed by atoms with Crippen molar-refractivity contribution < 1.29 is 9.13 Å². The van der Waals surface area contributed by atoms with E-state index in [-0.39, 0.29) is 22.7 Å². The summed E-state index contributed by atoms with van der Waals surface area (Å²) < 4.78 is 11.2. The maximum Gasteiger partial charge on any atom is 0.348 e. The number of hydrogen-bond donors (Lipinski definition) is 1. The van der Waals surface area contributed by atoms with Crippen molar-refractivity contribution in [2.45, 2.75) is 18.9 Å². The van der Waals surface area contributed by atoms with Crippen molar-refractivity contribution in [3.05, 3.63) is 21.6 Å². The third-order valence-corrected chi connectivity index (χ3v) is 4.35. The summed E-state index contributed by atoms with van der Waals surface area (Å²) >= 11 is 5.68. The van der Waals surface area contributed by atoms with Crippen LogP contribution in [0.4, 0.5) is 11.5 Å². The first kappa shape index (κ1) is 13.2. The second kappa shape index (κ2) is 5.57. The van der Waals surface area contributed by atoms with Gasteiger partial charge in [0.15, 0.2) is 0 Å². The second-order valence-corrected chi connectivity index (χ2v) is 5.94. The third-order valence-electron chi connectivity index (χ3n) is 2.69. The van der Waals surface area contributed by atoms with Gasteiger partial charge in [-0.3, -0.25) is 14.3 Å². The number of nitro groups is 1. The SMILES string of the molecule is O=[N+]([O-])c1c(Cl)ncnc1NC1CCS(=O)CC1. The summed E-state index contributed by atoms with van der Waals surface area (Å²) in [4.78, 5) is 17.7. The Kier molecular flexibility index (Phi) is 4.07. The Morgan fingerprint density at radius 3 is 2.72 bits per heavy atom. The van der Waals surface area contributed by atoms with E-state index in [2.05, 4.69) is 15.3 Å². The summed E-state index contributed by atoms with van der Waals surface area (Å²) in [5, 5.41) is 13.7. The Morgan fingerprint density at radius 1 is 1.44 bits per heavy atom. The topological polar surface area (TPSA) is 98.0 Å². The monoisotopic (exact) mass is 290 g/mol. The lowest BCUT2D eigenvalue weighted by Gasteiger charge is -2.22. The van der Waals surface area contributed by atoms with Crippen LogP contribution in [-0.2, 0) is 10.8 Å². The van der Waals surface area contributed by atoms with Crippen LogP contribution in [0.15, 0.2) is 6.33 Å². The van der Waals surface area contributed by atoms with Crippen molar-refractivity contribution in [2.24, 2.45) is 0 Å². The van der Waals surface area contributed by atoms with Crippen molar-refractivity contribution in [3.8, 4) is 0 Å². The lowest BCUT2D eigenvalue weighted by molar-refractivity contribution is -0.384. The molecular formula is C9H11ClN4O3S. The third kappa shape index (κ3) is 2.94. The van der Waals surface area contributed by atoms with Gasteiger partial charge in [0.1, 0.15) is 6.33 Å². The van der Waals surface area contributed by atoms with Gasteiger partial charge in [-0.15, -0.1) is 0 Å². The van der Waals surface area contributed by atoms with E-state index >= 15 is 0 Å². The molecule has 18 heavy (non-hydrogen) atoms. The molecule has 1 N–H and O–H groups in total. The van der Waals surface area contributed by atoms with E-state index in [1.54, 1.807) is 0 Å². The average molecular weight is 291 g/mol. The number of nitrogens with one attached hydrogen (secondary N) is 1. The van der Waals surface area contributed by atoms with Crippen LogP contribution in [0.2, 0.25) is 5.15 Å². The van der Waals surface area contributed by atoms with Crippen molar-refractivity contribution in [2.75, 3.05) is 16.8 Å². The Labute approximate surface area is 111 Å². The van der Waals surface area contributed by atoms with E-state index in [0.29, 0.717) is 24.3 Å². The summed E-state index contributed by atoms with van der Waals surface area (Å²) in [6.07, 6.45) is 2.58. The van der Waals surface area contributed by atoms with Gasteiger partial charge in [0.25, 0.3) is 0 Å². The molecule has 98 valence electrons. The Balaban J connectivity index is 2.16. The quantitative estimate of drug-likeness (QED) is 0.513. The molecule has 0 aliphatic carbocycles. The zero-order valence-electron chi connectivity index (χ0n) is 9.34. The number of halogens is 1. The maximum absolute atomic E-state index is 11.2. The molecule has 0 aromatic carbocycles. The molecule has 9 heteroatoms. The molecular weight excluding hydrogens is 280 g/mol. The number of hydrogen-bond acceptors (Lipinski definition) is 6. The highest BCUT2D eigenvalue weighted by atomic mass is 35.5. The standard InChI is InChI=1S/C9H11ClN4O3S/c10-8-7(14(15)16)9(12-5-11-8)13-6-1-3-18(17)4-2-6/h5-6H,1-4H2,(H,11,12,13). The first-order valence-electron chi connectivity index (χ1n) is 5.34. The summed E-state index contributed by atoms with van der Waals surface area (Å²) in [6.45, 7) is 0. The minimum atomic E-state index is -0.770. The fourth-order valence-corrected chi connectivity index (χ4v) is 3.26. The molecule has 7 nitrogen and oxygen atoms in total. The van der Waals surface area contributed by atoms with E-state index in [0.717, 1.165) is 0 Å². The lowest BCUT2D eigenvalue weighted by atomic mass is 10.1. The fraction of sp³-hybridized carbons (Fsp3) is 0.556. The highest BCUT2D eigenvalue weighted by Gasteiger charge is 2.25. The number of rotatable bonds is 3. The van der Waals surface area contributed by atoms with Gasteiger partial charge in [0.2, 0.25) is 11.0 Å². The molecule has 1 aliphatic heterocycles. The van der Waals surface area contributed by atoms with Crippen LogP contribution in [0.1, 0.15) is 12.8 Å². The molecule has 2 heterocycles. The molecule has 1 aliphatic rings. The molecule has 0 unspecified atom stereocenters. The molecule has 0 radical (unpaired) electrons. The van der Waals surface area contributed by atoms with Gasteiger partial charge in [-0.2, -0.15) is 0 Å². The molecule has 2 rings (SSSR count). The molecule has 0 saturated carbocycles. The van der Waals surface area contributed by atoms with Crippen LogP contribution in [0.5, 0.6) is 0 Å². The zero-order chi connectivity index (χ0) is 13.1. The minimum Gasteiger partial charge on any atom is -0.361 e. The normalized spacial score (nSPS) is 23.6. The van der Waals surface area contributed by atoms with Gasteiger partial charge in [-0.25, -0.2) is 9.97 Å². The molecule has 1 saturated heterocycles. The predicted molar refractivity (Wildman–Crippen MR) is 68.2 cm³/mol. The number of nitrogens with zero attached hydrogens (tertiary/aromatic N) is 3. The van der Waals surface area contributed by atoms with E-state index in [9.17, 15) is 14.3 Å². The summed E-state index contributed by atoms with van der Waals surface area (Å²) in [6, 6.07) is 0.0346. The van der Waals surface area contributed by atoms with Crippen molar-refractivity contribution in [3.63, 3.8) is 0 Å². The van der Waals surface area contributed by atoms with Crippen LogP contribution in [0, 0.1) is 10.1 Å². The second-order valence-electron chi connectivity index (χ2n) is 3.89. The van der Waals surface area contributed by atoms with Crippen LogP contribution < -0.4 is 5.32 Å². The average Bonchev–Trinajstić information content (AvgIpc) is 2.32. The Morgan fingerprint density at radius 2 is 2.11 bits per heavy atom. The molecule has 0 bridgehead atoms. The van der Waals surface area contributed by atoms with E-state index in [1.807, 2.05) is 0 Å². The predicted octanol–water partition coefficient (Wildman–Crippen LogP) is 1.36. The molecule has 0 spiro atoms. The van der Waals surface area contributed by atoms with Gasteiger partial charge in [-0.05, 0) is 12.8 Å². The summed E-state index contributed by atoms with van der Waals surface area (Å²) in [5.74, 6) is 1.33. The molecule has 1 fully saturated rings. The summed E-state index contributed by atoms with van der Waals surface area (Å²) in [7, 11) is -0.770. The van der Waals surface area contributed by atoms with Gasteiger partial charge < -0.3 is 5.32 Å². The van der Waals surface area contributed by atoms with Crippen molar-refractivity contribution in [1.29, 1.82) is 0 Å². The highest BCUT2D eigenvalue weighted by Crippen LogP contribution is 2.29. The molecule has 1 aromatic heterocycles. The van der Waals surface area contributed by atoms with Gasteiger partial charge >= 0.3 is 5.69 Å².